The summed E-state index contributed by atoms with van der Waals surface area (Å²) in [6, 6.07) is 15.5. The zero-order valence-corrected chi connectivity index (χ0v) is 9.52. The average molecular weight is 246 g/mol. The zero-order chi connectivity index (χ0) is 12.3. The SMILES string of the molecule is O=[N+]([O-])c1c[c]ccc1[S+]([O-])c1ccccc1. The lowest BCUT2D eigenvalue weighted by molar-refractivity contribution is -0.387. The first-order valence-corrected chi connectivity index (χ1v) is 5.96. The minimum atomic E-state index is -1.54. The standard InChI is InChI=1S/C12H8NO3S/c14-13(15)11-8-4-5-9-12(11)17(16)10-6-2-1-3-7-10/h1-3,5-9H. The molecule has 0 aliphatic rings. The van der Waals surface area contributed by atoms with E-state index in [0.717, 1.165) is 0 Å². The Hall–Kier alpha value is -1.85. The highest BCUT2D eigenvalue weighted by Crippen LogP contribution is 2.28. The zero-order valence-electron chi connectivity index (χ0n) is 8.70. The lowest BCUT2D eigenvalue weighted by atomic mass is 10.3. The van der Waals surface area contributed by atoms with Crippen molar-refractivity contribution in [2.24, 2.45) is 0 Å². The van der Waals surface area contributed by atoms with Crippen LogP contribution in [-0.4, -0.2) is 9.48 Å². The molecule has 0 heterocycles. The lowest BCUT2D eigenvalue weighted by Gasteiger charge is -2.09. The highest BCUT2D eigenvalue weighted by atomic mass is 32.2. The van der Waals surface area contributed by atoms with Crippen molar-refractivity contribution in [3.8, 4) is 0 Å². The van der Waals surface area contributed by atoms with Crippen LogP contribution < -0.4 is 0 Å². The van der Waals surface area contributed by atoms with Crippen molar-refractivity contribution >= 4 is 16.9 Å². The van der Waals surface area contributed by atoms with E-state index in [9.17, 15) is 14.7 Å². The van der Waals surface area contributed by atoms with E-state index < -0.39 is 16.1 Å². The Morgan fingerprint density at radius 2 is 1.88 bits per heavy atom. The second kappa shape index (κ2) is 4.99. The molecule has 0 aliphatic heterocycles. The summed E-state index contributed by atoms with van der Waals surface area (Å²) in [5, 5.41) is 10.8. The largest absolute Gasteiger partial charge is 0.606 e. The molecule has 17 heavy (non-hydrogen) atoms. The summed E-state index contributed by atoms with van der Waals surface area (Å²) in [4.78, 5) is 11.0. The number of hydrogen-bond donors (Lipinski definition) is 0. The van der Waals surface area contributed by atoms with Crippen molar-refractivity contribution in [2.75, 3.05) is 0 Å². The van der Waals surface area contributed by atoms with Gasteiger partial charge in [0.25, 0.3) is 0 Å². The number of nitrogens with zero attached hydrogens (tertiary/aromatic N) is 1. The molecule has 0 aliphatic carbocycles. The van der Waals surface area contributed by atoms with Gasteiger partial charge in [-0.2, -0.15) is 0 Å². The molecule has 0 aromatic heterocycles. The first kappa shape index (κ1) is 11.6. The Kier molecular flexibility index (Phi) is 3.41. The molecule has 2 aromatic carbocycles. The van der Waals surface area contributed by atoms with Gasteiger partial charge in [0.15, 0.2) is 4.90 Å². The summed E-state index contributed by atoms with van der Waals surface area (Å²) in [5.74, 6) is 0. The number of hydrogen-bond acceptors (Lipinski definition) is 3. The molecule has 2 rings (SSSR count). The summed E-state index contributed by atoms with van der Waals surface area (Å²) >= 11 is -1.54. The van der Waals surface area contributed by atoms with E-state index in [2.05, 4.69) is 6.07 Å². The summed E-state index contributed by atoms with van der Waals surface area (Å²) in [6.07, 6.45) is 0. The molecule has 85 valence electrons. The molecule has 2 aromatic rings. The molecule has 0 fully saturated rings. The van der Waals surface area contributed by atoms with Gasteiger partial charge in [-0.05, 0) is 24.3 Å². The molecule has 1 unspecified atom stereocenters. The Morgan fingerprint density at radius 1 is 1.18 bits per heavy atom. The average Bonchev–Trinajstić information content (AvgIpc) is 2.39. The molecule has 1 radical (unpaired) electrons. The van der Waals surface area contributed by atoms with Crippen molar-refractivity contribution in [1.29, 1.82) is 0 Å². The highest BCUT2D eigenvalue weighted by Gasteiger charge is 2.25. The first-order valence-electron chi connectivity index (χ1n) is 4.81. The van der Waals surface area contributed by atoms with E-state index in [4.69, 9.17) is 0 Å². The third kappa shape index (κ3) is 2.46. The van der Waals surface area contributed by atoms with E-state index >= 15 is 0 Å². The molecular formula is C12H8NO3S. The maximum atomic E-state index is 12.2. The fourth-order valence-electron chi connectivity index (χ4n) is 1.38. The molecule has 4 nitrogen and oxygen atoms in total. The van der Waals surface area contributed by atoms with Gasteiger partial charge in [0.1, 0.15) is 0 Å². The molecule has 0 spiro atoms. The lowest BCUT2D eigenvalue weighted by Crippen LogP contribution is -2.05. The summed E-state index contributed by atoms with van der Waals surface area (Å²) in [5.41, 5.74) is -0.172. The van der Waals surface area contributed by atoms with E-state index in [1.54, 1.807) is 30.3 Å². The van der Waals surface area contributed by atoms with Gasteiger partial charge in [-0.3, -0.25) is 10.1 Å². The third-order valence-electron chi connectivity index (χ3n) is 2.16. The molecule has 5 heteroatoms. The van der Waals surface area contributed by atoms with Crippen LogP contribution in [0, 0.1) is 16.2 Å². The van der Waals surface area contributed by atoms with Crippen LogP contribution >= 0.6 is 0 Å². The summed E-state index contributed by atoms with van der Waals surface area (Å²) in [7, 11) is 0. The van der Waals surface area contributed by atoms with Gasteiger partial charge in [-0.1, -0.05) is 18.2 Å². The van der Waals surface area contributed by atoms with Crippen LogP contribution in [0.2, 0.25) is 0 Å². The minimum Gasteiger partial charge on any atom is -0.606 e. The number of benzene rings is 2. The summed E-state index contributed by atoms with van der Waals surface area (Å²) < 4.78 is 12.2. The minimum absolute atomic E-state index is 0.172. The second-order valence-corrected chi connectivity index (χ2v) is 4.68. The van der Waals surface area contributed by atoms with Crippen molar-refractivity contribution in [3.63, 3.8) is 0 Å². The second-order valence-electron chi connectivity index (χ2n) is 3.23. The maximum absolute atomic E-state index is 12.2. The Balaban J connectivity index is 2.44. The Labute approximate surface area is 101 Å². The molecular weight excluding hydrogens is 238 g/mol. The first-order chi connectivity index (χ1) is 8.20. The molecule has 0 amide bonds. The van der Waals surface area contributed by atoms with Gasteiger partial charge < -0.3 is 4.55 Å². The van der Waals surface area contributed by atoms with Crippen LogP contribution in [0.4, 0.5) is 5.69 Å². The predicted octanol–water partition coefficient (Wildman–Crippen LogP) is 2.56. The van der Waals surface area contributed by atoms with Crippen LogP contribution in [0.25, 0.3) is 0 Å². The molecule has 1 atom stereocenters. The van der Waals surface area contributed by atoms with Gasteiger partial charge in [0.2, 0.25) is 4.90 Å². The number of nitro groups is 1. The van der Waals surface area contributed by atoms with Gasteiger partial charge in [-0.15, -0.1) is 0 Å². The van der Waals surface area contributed by atoms with E-state index in [-0.39, 0.29) is 10.6 Å². The van der Waals surface area contributed by atoms with Gasteiger partial charge in [0, 0.05) is 23.3 Å². The molecule has 0 N–H and O–H groups in total. The normalized spacial score (nSPS) is 12.1. The van der Waals surface area contributed by atoms with Crippen LogP contribution in [0.5, 0.6) is 0 Å². The van der Waals surface area contributed by atoms with Gasteiger partial charge in [0.05, 0.1) is 4.92 Å². The maximum Gasteiger partial charge on any atom is 0.324 e. The van der Waals surface area contributed by atoms with Crippen molar-refractivity contribution < 1.29 is 9.48 Å². The quantitative estimate of drug-likeness (QED) is 0.475. The van der Waals surface area contributed by atoms with E-state index in [0.29, 0.717) is 4.90 Å². The Morgan fingerprint density at radius 3 is 2.53 bits per heavy atom. The van der Waals surface area contributed by atoms with Crippen LogP contribution in [0.15, 0.2) is 58.3 Å². The third-order valence-corrected chi connectivity index (χ3v) is 3.60. The van der Waals surface area contributed by atoms with Crippen molar-refractivity contribution in [2.45, 2.75) is 9.79 Å². The highest BCUT2D eigenvalue weighted by molar-refractivity contribution is 7.91. The fraction of sp³-hybridized carbons (Fsp3) is 0. The van der Waals surface area contributed by atoms with Crippen molar-refractivity contribution in [1.82, 2.24) is 0 Å². The van der Waals surface area contributed by atoms with Crippen LogP contribution in [-0.2, 0) is 11.2 Å². The van der Waals surface area contributed by atoms with Gasteiger partial charge in [-0.25, -0.2) is 0 Å². The number of nitro benzene ring substituents is 1. The monoisotopic (exact) mass is 246 g/mol. The predicted molar refractivity (Wildman–Crippen MR) is 63.0 cm³/mol. The summed E-state index contributed by atoms with van der Waals surface area (Å²) in [6.45, 7) is 0. The van der Waals surface area contributed by atoms with Crippen LogP contribution in [0.1, 0.15) is 0 Å². The topological polar surface area (TPSA) is 66.2 Å². The smallest absolute Gasteiger partial charge is 0.324 e. The van der Waals surface area contributed by atoms with Gasteiger partial charge >= 0.3 is 5.69 Å². The van der Waals surface area contributed by atoms with E-state index in [1.165, 1.54) is 18.2 Å². The Bertz CT molecular complexity index is 530. The van der Waals surface area contributed by atoms with Crippen LogP contribution in [0.3, 0.4) is 0 Å². The molecule has 0 bridgehead atoms. The fourth-order valence-corrected chi connectivity index (χ4v) is 2.55. The molecule has 0 saturated carbocycles. The number of rotatable bonds is 3. The van der Waals surface area contributed by atoms with E-state index in [1.807, 2.05) is 0 Å². The molecule has 0 saturated heterocycles. The van der Waals surface area contributed by atoms with Crippen molar-refractivity contribution in [3.05, 3.63) is 64.7 Å².